The highest BCUT2D eigenvalue weighted by molar-refractivity contribution is 6.15. The van der Waals surface area contributed by atoms with Crippen LogP contribution in [0.15, 0.2) is 48.7 Å². The number of aromatic nitrogens is 1. The van der Waals surface area contributed by atoms with E-state index < -0.39 is 17.7 Å². The predicted octanol–water partition coefficient (Wildman–Crippen LogP) is 3.48. The number of methoxy groups -OCH3 is 1. The number of fused-ring (bicyclic) bond motifs is 1. The number of nitrogens with zero attached hydrogens (tertiary/aromatic N) is 1. The molecule has 0 spiro atoms. The first kappa shape index (κ1) is 17.3. The van der Waals surface area contributed by atoms with Crippen LogP contribution < -0.4 is 5.32 Å². The Morgan fingerprint density at radius 2 is 1.81 bits per heavy atom. The molecule has 0 atom stereocenters. The van der Waals surface area contributed by atoms with E-state index in [9.17, 15) is 18.8 Å². The van der Waals surface area contributed by atoms with Gasteiger partial charge >= 0.3 is 5.97 Å². The van der Waals surface area contributed by atoms with Gasteiger partial charge < -0.3 is 10.1 Å². The van der Waals surface area contributed by atoms with E-state index in [1.165, 1.54) is 49.1 Å². The molecule has 0 radical (unpaired) electrons. The van der Waals surface area contributed by atoms with Gasteiger partial charge in [0.05, 0.1) is 29.4 Å². The van der Waals surface area contributed by atoms with Gasteiger partial charge in [-0.05, 0) is 30.3 Å². The third-order valence-corrected chi connectivity index (χ3v) is 3.93. The van der Waals surface area contributed by atoms with Crippen LogP contribution in [0.3, 0.4) is 0 Å². The van der Waals surface area contributed by atoms with Crippen molar-refractivity contribution in [2.45, 2.75) is 6.92 Å². The summed E-state index contributed by atoms with van der Waals surface area (Å²) < 4.78 is 19.6. The van der Waals surface area contributed by atoms with Crippen molar-refractivity contribution in [2.75, 3.05) is 12.4 Å². The summed E-state index contributed by atoms with van der Waals surface area (Å²) in [6.07, 6.45) is 1.35. The molecule has 3 aromatic rings. The van der Waals surface area contributed by atoms with Crippen molar-refractivity contribution in [2.24, 2.45) is 0 Å². The Morgan fingerprint density at radius 1 is 1.08 bits per heavy atom. The van der Waals surface area contributed by atoms with E-state index in [1.807, 2.05) is 0 Å². The molecule has 0 aliphatic carbocycles. The Morgan fingerprint density at radius 3 is 2.50 bits per heavy atom. The summed E-state index contributed by atoms with van der Waals surface area (Å²) in [6.45, 7) is 1.34. The van der Waals surface area contributed by atoms with Crippen molar-refractivity contribution in [1.82, 2.24) is 4.57 Å². The Bertz CT molecular complexity index is 1040. The smallest absolute Gasteiger partial charge is 0.339 e. The fourth-order valence-electron chi connectivity index (χ4n) is 2.71. The first-order chi connectivity index (χ1) is 12.4. The fourth-order valence-corrected chi connectivity index (χ4v) is 2.71. The molecule has 7 heteroatoms. The average molecular weight is 354 g/mol. The molecular formula is C19H15FN2O4. The number of halogens is 1. The van der Waals surface area contributed by atoms with Crippen LogP contribution in [0.5, 0.6) is 0 Å². The van der Waals surface area contributed by atoms with Crippen LogP contribution in [0.4, 0.5) is 10.1 Å². The number of rotatable bonds is 3. The number of nitrogens with one attached hydrogen (secondary N) is 1. The molecule has 1 heterocycles. The van der Waals surface area contributed by atoms with Gasteiger partial charge in [-0.1, -0.05) is 12.1 Å². The largest absolute Gasteiger partial charge is 0.465 e. The summed E-state index contributed by atoms with van der Waals surface area (Å²) in [4.78, 5) is 36.4. The molecular weight excluding hydrogens is 339 g/mol. The number of hydrogen-bond acceptors (Lipinski definition) is 4. The number of ether oxygens (including phenoxy) is 1. The van der Waals surface area contributed by atoms with Crippen LogP contribution in [0.2, 0.25) is 0 Å². The number of hydrogen-bond donors (Lipinski definition) is 1. The highest BCUT2D eigenvalue weighted by atomic mass is 19.1. The number of carbonyl (C=O) groups excluding carboxylic acids is 3. The fraction of sp³-hybridized carbons (Fsp3) is 0.105. The molecule has 1 amide bonds. The van der Waals surface area contributed by atoms with E-state index in [-0.39, 0.29) is 22.7 Å². The van der Waals surface area contributed by atoms with Crippen LogP contribution in [0, 0.1) is 5.82 Å². The molecule has 0 fully saturated rings. The zero-order valence-corrected chi connectivity index (χ0v) is 14.1. The minimum Gasteiger partial charge on any atom is -0.465 e. The van der Waals surface area contributed by atoms with Crippen LogP contribution in [-0.2, 0) is 4.74 Å². The van der Waals surface area contributed by atoms with E-state index in [4.69, 9.17) is 4.74 Å². The third kappa shape index (κ3) is 3.06. The van der Waals surface area contributed by atoms with E-state index >= 15 is 0 Å². The minimum absolute atomic E-state index is 0.120. The van der Waals surface area contributed by atoms with Crippen molar-refractivity contribution < 1.29 is 23.5 Å². The standard InChI is InChI=1S/C19H15FN2O4/c1-11(23)22-10-15(14-9-12(20)7-8-17(14)22)18(24)21-16-6-4-3-5-13(16)19(25)26-2/h3-10H,1-2H3,(H,21,24). The zero-order chi connectivity index (χ0) is 18.8. The van der Waals surface area contributed by atoms with Crippen LogP contribution >= 0.6 is 0 Å². The van der Waals surface area contributed by atoms with Gasteiger partial charge in [0.15, 0.2) is 0 Å². The second kappa shape index (κ2) is 6.79. The van der Waals surface area contributed by atoms with Crippen molar-refractivity contribution >= 4 is 34.4 Å². The second-order valence-electron chi connectivity index (χ2n) is 5.58. The molecule has 1 aromatic heterocycles. The topological polar surface area (TPSA) is 77.4 Å². The molecule has 2 aromatic carbocycles. The summed E-state index contributed by atoms with van der Waals surface area (Å²) >= 11 is 0. The summed E-state index contributed by atoms with van der Waals surface area (Å²) in [5.74, 6) is -2.01. The molecule has 6 nitrogen and oxygen atoms in total. The van der Waals surface area contributed by atoms with Crippen LogP contribution in [0.25, 0.3) is 10.9 Å². The Labute approximate surface area is 148 Å². The number of carbonyl (C=O) groups is 3. The van der Waals surface area contributed by atoms with E-state index in [0.717, 1.165) is 0 Å². The van der Waals surface area contributed by atoms with Gasteiger partial charge in [0.25, 0.3) is 5.91 Å². The molecule has 0 saturated carbocycles. The number of amides is 1. The van der Waals surface area contributed by atoms with Gasteiger partial charge in [-0.3, -0.25) is 14.2 Å². The maximum Gasteiger partial charge on any atom is 0.339 e. The SMILES string of the molecule is COC(=O)c1ccccc1NC(=O)c1cn(C(C)=O)c2ccc(F)cc12. The Balaban J connectivity index is 2.06. The second-order valence-corrected chi connectivity index (χ2v) is 5.58. The average Bonchev–Trinajstić information content (AvgIpc) is 3.00. The van der Waals surface area contributed by atoms with Gasteiger partial charge in [-0.15, -0.1) is 0 Å². The lowest BCUT2D eigenvalue weighted by molar-refractivity contribution is 0.0601. The van der Waals surface area contributed by atoms with Gasteiger partial charge in [0, 0.05) is 18.5 Å². The molecule has 132 valence electrons. The molecule has 1 N–H and O–H groups in total. The van der Waals surface area contributed by atoms with Gasteiger partial charge in [-0.25, -0.2) is 9.18 Å². The highest BCUT2D eigenvalue weighted by Crippen LogP contribution is 2.25. The van der Waals surface area contributed by atoms with Gasteiger partial charge in [-0.2, -0.15) is 0 Å². The molecule has 0 aliphatic heterocycles. The number of benzene rings is 2. The zero-order valence-electron chi connectivity index (χ0n) is 14.1. The first-order valence-corrected chi connectivity index (χ1v) is 7.72. The van der Waals surface area contributed by atoms with Crippen molar-refractivity contribution in [3.63, 3.8) is 0 Å². The van der Waals surface area contributed by atoms with Crippen molar-refractivity contribution in [1.29, 1.82) is 0 Å². The number of esters is 1. The van der Waals surface area contributed by atoms with Crippen molar-refractivity contribution in [3.05, 3.63) is 65.6 Å². The van der Waals surface area contributed by atoms with Gasteiger partial charge in [0.2, 0.25) is 5.91 Å². The summed E-state index contributed by atoms with van der Waals surface area (Å²) in [6, 6.07) is 10.2. The van der Waals surface area contributed by atoms with E-state index in [2.05, 4.69) is 5.32 Å². The lowest BCUT2D eigenvalue weighted by atomic mass is 10.1. The lowest BCUT2D eigenvalue weighted by Crippen LogP contribution is -2.15. The van der Waals surface area contributed by atoms with E-state index in [0.29, 0.717) is 10.9 Å². The minimum atomic E-state index is -0.599. The molecule has 0 saturated heterocycles. The quantitative estimate of drug-likeness (QED) is 0.731. The monoisotopic (exact) mass is 354 g/mol. The van der Waals surface area contributed by atoms with Crippen LogP contribution in [0.1, 0.15) is 32.4 Å². The summed E-state index contributed by atoms with van der Waals surface area (Å²) in [7, 11) is 1.24. The Kier molecular flexibility index (Phi) is 4.53. The highest BCUT2D eigenvalue weighted by Gasteiger charge is 2.20. The molecule has 3 rings (SSSR count). The lowest BCUT2D eigenvalue weighted by Gasteiger charge is -2.09. The number of para-hydroxylation sites is 1. The molecule has 0 unspecified atom stereocenters. The number of anilines is 1. The molecule has 26 heavy (non-hydrogen) atoms. The Hall–Kier alpha value is -3.48. The molecule has 0 aliphatic rings. The van der Waals surface area contributed by atoms with E-state index in [1.54, 1.807) is 18.2 Å². The summed E-state index contributed by atoms with van der Waals surface area (Å²) in [5, 5.41) is 2.92. The predicted molar refractivity (Wildman–Crippen MR) is 93.9 cm³/mol. The third-order valence-electron chi connectivity index (χ3n) is 3.93. The van der Waals surface area contributed by atoms with Gasteiger partial charge in [0.1, 0.15) is 5.82 Å². The first-order valence-electron chi connectivity index (χ1n) is 7.72. The summed E-state index contributed by atoms with van der Waals surface area (Å²) in [5.41, 5.74) is 0.981. The normalized spacial score (nSPS) is 10.6. The molecule has 0 bridgehead atoms. The maximum absolute atomic E-state index is 13.6. The maximum atomic E-state index is 13.6. The van der Waals surface area contributed by atoms with Crippen molar-refractivity contribution in [3.8, 4) is 0 Å². The van der Waals surface area contributed by atoms with Crippen LogP contribution in [-0.4, -0.2) is 29.5 Å².